The van der Waals surface area contributed by atoms with Gasteiger partial charge < -0.3 is 25.0 Å². The summed E-state index contributed by atoms with van der Waals surface area (Å²) in [5.74, 6) is -0.345. The van der Waals surface area contributed by atoms with E-state index in [9.17, 15) is 14.3 Å². The fourth-order valence-electron chi connectivity index (χ4n) is 2.64. The van der Waals surface area contributed by atoms with Gasteiger partial charge in [-0.1, -0.05) is 23.2 Å². The molecule has 0 saturated heterocycles. The van der Waals surface area contributed by atoms with Crippen LogP contribution in [0.5, 0.6) is 17.4 Å². The third kappa shape index (κ3) is 6.08. The largest absolute Gasteiger partial charge is 0.475 e. The number of pyridine rings is 1. The fraction of sp³-hybridized carbons (Fsp3) is 0.182. The van der Waals surface area contributed by atoms with E-state index in [1.165, 1.54) is 48.7 Å². The van der Waals surface area contributed by atoms with E-state index < -0.39 is 24.4 Å². The second-order valence-electron chi connectivity index (χ2n) is 6.76. The van der Waals surface area contributed by atoms with Crippen molar-refractivity contribution in [1.82, 2.24) is 4.98 Å². The molecule has 1 unspecified atom stereocenters. The molecule has 1 aromatic heterocycles. The monoisotopic (exact) mass is 480 g/mol. The Morgan fingerprint density at radius 1 is 1.16 bits per heavy atom. The van der Waals surface area contributed by atoms with Crippen LogP contribution in [0.25, 0.3) is 0 Å². The van der Waals surface area contributed by atoms with E-state index in [1.54, 1.807) is 6.92 Å². The van der Waals surface area contributed by atoms with Crippen molar-refractivity contribution < 1.29 is 28.9 Å². The third-order valence-electron chi connectivity index (χ3n) is 4.25. The Bertz CT molecular complexity index is 1130. The summed E-state index contributed by atoms with van der Waals surface area (Å²) in [5.41, 5.74) is 0.981. The topological polar surface area (TPSA) is 101 Å². The lowest BCUT2D eigenvalue weighted by molar-refractivity contribution is 0.0521. The molecule has 0 fully saturated rings. The maximum Gasteiger partial charge on any atom is 0.259 e. The SMILES string of the molecule is Cc1cc(F)ccc1Oc1cc(Cl)c(Cl)cc1C(=O)Nc1ccnc(OCC(O)CO)c1. The quantitative estimate of drug-likeness (QED) is 0.435. The number of anilines is 1. The first kappa shape index (κ1) is 23.7. The number of ether oxygens (including phenoxy) is 2. The summed E-state index contributed by atoms with van der Waals surface area (Å²) in [7, 11) is 0. The molecule has 10 heteroatoms. The van der Waals surface area contributed by atoms with Crippen molar-refractivity contribution in [2.75, 3.05) is 18.5 Å². The molecule has 168 valence electrons. The minimum atomic E-state index is -1.05. The number of carbonyl (C=O) groups is 1. The number of aryl methyl sites for hydroxylation is 1. The van der Waals surface area contributed by atoms with Gasteiger partial charge in [0.25, 0.3) is 5.91 Å². The lowest BCUT2D eigenvalue weighted by atomic mass is 10.1. The number of rotatable bonds is 8. The zero-order valence-corrected chi connectivity index (χ0v) is 18.3. The van der Waals surface area contributed by atoms with Gasteiger partial charge in [0.15, 0.2) is 0 Å². The molecule has 3 aromatic rings. The van der Waals surface area contributed by atoms with Crippen LogP contribution < -0.4 is 14.8 Å². The van der Waals surface area contributed by atoms with E-state index in [4.69, 9.17) is 37.8 Å². The Morgan fingerprint density at radius 2 is 1.91 bits per heavy atom. The average Bonchev–Trinajstić information content (AvgIpc) is 2.76. The van der Waals surface area contributed by atoms with Gasteiger partial charge in [0.05, 0.1) is 22.2 Å². The lowest BCUT2D eigenvalue weighted by Crippen LogP contribution is -2.21. The molecule has 2 aromatic carbocycles. The van der Waals surface area contributed by atoms with Crippen LogP contribution in [-0.4, -0.2) is 40.4 Å². The number of nitrogens with one attached hydrogen (secondary N) is 1. The molecule has 1 atom stereocenters. The summed E-state index contributed by atoms with van der Waals surface area (Å²) < 4.78 is 24.5. The highest BCUT2D eigenvalue weighted by Gasteiger charge is 2.18. The third-order valence-corrected chi connectivity index (χ3v) is 4.97. The van der Waals surface area contributed by atoms with Crippen LogP contribution in [0.2, 0.25) is 10.0 Å². The van der Waals surface area contributed by atoms with Crippen molar-refractivity contribution in [3.8, 4) is 17.4 Å². The Hall–Kier alpha value is -2.91. The number of aliphatic hydroxyl groups is 2. The molecular weight excluding hydrogens is 462 g/mol. The van der Waals surface area contributed by atoms with Gasteiger partial charge in [0, 0.05) is 24.0 Å². The summed E-state index contributed by atoms with van der Waals surface area (Å²) >= 11 is 12.2. The van der Waals surface area contributed by atoms with Gasteiger partial charge in [0.2, 0.25) is 5.88 Å². The second kappa shape index (κ2) is 10.6. The van der Waals surface area contributed by atoms with Crippen LogP contribution >= 0.6 is 23.2 Å². The fourth-order valence-corrected chi connectivity index (χ4v) is 2.95. The number of amides is 1. The van der Waals surface area contributed by atoms with Gasteiger partial charge in [-0.15, -0.1) is 0 Å². The molecule has 0 aliphatic heterocycles. The number of hydrogen-bond donors (Lipinski definition) is 3. The predicted octanol–water partition coefficient (Wildman–Crippen LogP) is 4.61. The lowest BCUT2D eigenvalue weighted by Gasteiger charge is -2.15. The molecule has 32 heavy (non-hydrogen) atoms. The van der Waals surface area contributed by atoms with Crippen LogP contribution in [0.4, 0.5) is 10.1 Å². The maximum atomic E-state index is 13.4. The number of aromatic nitrogens is 1. The highest BCUT2D eigenvalue weighted by molar-refractivity contribution is 6.42. The Morgan fingerprint density at radius 3 is 2.62 bits per heavy atom. The predicted molar refractivity (Wildman–Crippen MR) is 118 cm³/mol. The number of halogens is 3. The Kier molecular flexibility index (Phi) is 7.87. The zero-order chi connectivity index (χ0) is 23.3. The summed E-state index contributed by atoms with van der Waals surface area (Å²) in [6, 6.07) is 9.75. The number of aliphatic hydroxyl groups excluding tert-OH is 2. The molecule has 0 saturated carbocycles. The van der Waals surface area contributed by atoms with Crippen molar-refractivity contribution in [2.45, 2.75) is 13.0 Å². The summed E-state index contributed by atoms with van der Waals surface area (Å²) in [6.45, 7) is 1.05. The minimum absolute atomic E-state index is 0.0955. The summed E-state index contributed by atoms with van der Waals surface area (Å²) in [6.07, 6.45) is 0.352. The average molecular weight is 481 g/mol. The number of hydrogen-bond acceptors (Lipinski definition) is 6. The van der Waals surface area contributed by atoms with Crippen LogP contribution in [0.3, 0.4) is 0 Å². The van der Waals surface area contributed by atoms with Crippen molar-refractivity contribution in [1.29, 1.82) is 0 Å². The van der Waals surface area contributed by atoms with Crippen molar-refractivity contribution in [3.63, 3.8) is 0 Å². The molecule has 1 amide bonds. The standard InChI is InChI=1S/C22H19Cl2FN2O5/c1-12-6-13(25)2-3-19(12)32-20-9-18(24)17(23)8-16(20)22(30)27-14-4-5-26-21(7-14)31-11-15(29)10-28/h2-9,15,28-29H,10-11H2,1H3,(H,26,27,30). The zero-order valence-electron chi connectivity index (χ0n) is 16.8. The molecular formula is C22H19Cl2FN2O5. The maximum absolute atomic E-state index is 13.4. The Labute approximate surface area is 193 Å². The minimum Gasteiger partial charge on any atom is -0.475 e. The Balaban J connectivity index is 1.84. The molecule has 0 radical (unpaired) electrons. The smallest absolute Gasteiger partial charge is 0.259 e. The van der Waals surface area contributed by atoms with Gasteiger partial charge in [-0.2, -0.15) is 0 Å². The van der Waals surface area contributed by atoms with Crippen molar-refractivity contribution in [2.24, 2.45) is 0 Å². The normalized spacial score (nSPS) is 11.7. The molecule has 3 N–H and O–H groups in total. The number of benzene rings is 2. The molecule has 1 heterocycles. The summed E-state index contributed by atoms with van der Waals surface area (Å²) in [5, 5.41) is 21.3. The number of nitrogens with zero attached hydrogens (tertiary/aromatic N) is 1. The molecule has 0 aliphatic carbocycles. The van der Waals surface area contributed by atoms with Gasteiger partial charge in [-0.25, -0.2) is 9.37 Å². The van der Waals surface area contributed by atoms with E-state index in [2.05, 4.69) is 10.3 Å². The summed E-state index contributed by atoms with van der Waals surface area (Å²) in [4.78, 5) is 16.9. The van der Waals surface area contributed by atoms with Gasteiger partial charge in [-0.05, 0) is 42.8 Å². The van der Waals surface area contributed by atoms with Gasteiger partial charge in [0.1, 0.15) is 30.0 Å². The highest BCUT2D eigenvalue weighted by atomic mass is 35.5. The van der Waals surface area contributed by atoms with Gasteiger partial charge >= 0.3 is 0 Å². The van der Waals surface area contributed by atoms with Crippen LogP contribution in [-0.2, 0) is 0 Å². The first-order chi connectivity index (χ1) is 15.3. The van der Waals surface area contributed by atoms with E-state index in [0.717, 1.165) is 0 Å². The highest BCUT2D eigenvalue weighted by Crippen LogP contribution is 2.35. The second-order valence-corrected chi connectivity index (χ2v) is 7.57. The van der Waals surface area contributed by atoms with Crippen LogP contribution in [0, 0.1) is 12.7 Å². The molecule has 7 nitrogen and oxygen atoms in total. The first-order valence-corrected chi connectivity index (χ1v) is 10.1. The van der Waals surface area contributed by atoms with Crippen molar-refractivity contribution in [3.05, 3.63) is 75.7 Å². The van der Waals surface area contributed by atoms with E-state index in [-0.39, 0.29) is 33.8 Å². The molecule has 0 spiro atoms. The molecule has 0 aliphatic rings. The molecule has 3 rings (SSSR count). The van der Waals surface area contributed by atoms with Gasteiger partial charge in [-0.3, -0.25) is 4.79 Å². The number of carbonyl (C=O) groups excluding carboxylic acids is 1. The van der Waals surface area contributed by atoms with E-state index in [1.807, 2.05) is 0 Å². The molecule has 0 bridgehead atoms. The van der Waals surface area contributed by atoms with E-state index >= 15 is 0 Å². The van der Waals surface area contributed by atoms with E-state index in [0.29, 0.717) is 17.0 Å². The first-order valence-electron chi connectivity index (χ1n) is 9.39. The van der Waals surface area contributed by atoms with Crippen LogP contribution in [0.15, 0.2) is 48.7 Å². The van der Waals surface area contributed by atoms with Crippen LogP contribution in [0.1, 0.15) is 15.9 Å². The van der Waals surface area contributed by atoms with Crippen molar-refractivity contribution >= 4 is 34.8 Å².